The molecule has 0 aromatic carbocycles. The Balaban J connectivity index is 3.85. The van der Waals surface area contributed by atoms with E-state index in [1.165, 1.54) is 0 Å². The van der Waals surface area contributed by atoms with Crippen molar-refractivity contribution in [2.45, 2.75) is 13.8 Å². The van der Waals surface area contributed by atoms with Crippen LogP contribution in [-0.2, 0) is 18.3 Å². The van der Waals surface area contributed by atoms with Crippen molar-refractivity contribution in [3.63, 3.8) is 0 Å². The molecule has 0 aliphatic heterocycles. The summed E-state index contributed by atoms with van der Waals surface area (Å²) in [6, 6.07) is 0. The molecule has 0 saturated heterocycles. The largest absolute Gasteiger partial charge is 0.365 e. The van der Waals surface area contributed by atoms with Crippen molar-refractivity contribution < 1.29 is 18.3 Å². The van der Waals surface area contributed by atoms with Crippen LogP contribution in [-0.4, -0.2) is 32.0 Å². The Bertz CT molecular complexity index is 210. The van der Waals surface area contributed by atoms with Crippen LogP contribution >= 0.6 is 19.2 Å². The Hall–Kier alpha value is 0.140. The lowest BCUT2D eigenvalue weighted by Crippen LogP contribution is -2.03. The van der Waals surface area contributed by atoms with E-state index in [1.54, 1.807) is 26.0 Å². The van der Waals surface area contributed by atoms with Gasteiger partial charge in [-0.1, -0.05) is 12.2 Å². The van der Waals surface area contributed by atoms with Gasteiger partial charge in [0.25, 0.3) is 0 Å². The highest BCUT2D eigenvalue weighted by Crippen LogP contribution is 2.47. The molecule has 6 heteroatoms. The van der Waals surface area contributed by atoms with Crippen molar-refractivity contribution in [1.82, 2.24) is 0 Å². The molecule has 0 N–H and O–H groups in total. The Morgan fingerprint density at radius 2 is 1.80 bits per heavy atom. The van der Waals surface area contributed by atoms with Gasteiger partial charge in [0.1, 0.15) is 6.35 Å². The van der Waals surface area contributed by atoms with Crippen LogP contribution in [0.3, 0.4) is 0 Å². The predicted molar refractivity (Wildman–Crippen MR) is 61.5 cm³/mol. The van der Waals surface area contributed by atoms with Crippen molar-refractivity contribution in [3.8, 4) is 0 Å². The first kappa shape index (κ1) is 15.1. The molecule has 0 aliphatic carbocycles. The highest BCUT2D eigenvalue weighted by Gasteiger charge is 2.23. The van der Waals surface area contributed by atoms with E-state index in [-0.39, 0.29) is 6.35 Å². The zero-order valence-corrected chi connectivity index (χ0v) is 10.8. The van der Waals surface area contributed by atoms with Crippen molar-refractivity contribution in [1.29, 1.82) is 0 Å². The van der Waals surface area contributed by atoms with Crippen molar-refractivity contribution >= 4 is 19.2 Å². The lowest BCUT2D eigenvalue weighted by molar-refractivity contribution is 0.149. The Kier molecular flexibility index (Phi) is 9.46. The minimum absolute atomic E-state index is 0.0265. The summed E-state index contributed by atoms with van der Waals surface area (Å²) in [7, 11) is -3.06. The van der Waals surface area contributed by atoms with Gasteiger partial charge in [-0.2, -0.15) is 0 Å². The third kappa shape index (κ3) is 8.00. The van der Waals surface area contributed by atoms with Crippen LogP contribution in [0.2, 0.25) is 0 Å². The van der Waals surface area contributed by atoms with Gasteiger partial charge in [0.2, 0.25) is 0 Å². The summed E-state index contributed by atoms with van der Waals surface area (Å²) in [6.07, 6.45) is 3.49. The molecule has 0 radical (unpaired) electrons. The highest BCUT2D eigenvalue weighted by molar-refractivity contribution is 7.53. The van der Waals surface area contributed by atoms with E-state index in [2.05, 4.69) is 0 Å². The van der Waals surface area contributed by atoms with E-state index < -0.39 is 7.60 Å². The Morgan fingerprint density at radius 1 is 1.20 bits per heavy atom. The third-order valence-corrected chi connectivity index (χ3v) is 3.35. The minimum Gasteiger partial charge on any atom is -0.365 e. The molecule has 0 rings (SSSR count). The molecule has 0 atom stereocenters. The maximum absolute atomic E-state index is 11.8. The second-order valence-electron chi connectivity index (χ2n) is 2.57. The van der Waals surface area contributed by atoms with Crippen LogP contribution in [0, 0.1) is 0 Å². The zero-order chi connectivity index (χ0) is 11.6. The monoisotopic (exact) mass is 256 g/mol. The summed E-state index contributed by atoms with van der Waals surface area (Å²) in [5.41, 5.74) is 0. The molecule has 0 aromatic heterocycles. The smallest absolute Gasteiger partial charge is 0.356 e. The number of ether oxygens (including phenoxy) is 1. The molecule has 0 bridgehead atoms. The standard InChI is InChI=1S/C9H18ClO4P/c1-3-13-15(11,14-4-2)9-12-8-6-5-7-10/h5-6H,3-4,7-9H2,1-2H3. The van der Waals surface area contributed by atoms with Gasteiger partial charge in [-0.3, -0.25) is 4.57 Å². The molecule has 0 heterocycles. The maximum atomic E-state index is 11.8. The zero-order valence-electron chi connectivity index (χ0n) is 9.15. The van der Waals surface area contributed by atoms with Crippen molar-refractivity contribution in [2.75, 3.05) is 32.0 Å². The number of hydrogen-bond donors (Lipinski definition) is 0. The van der Waals surface area contributed by atoms with Gasteiger partial charge in [-0.25, -0.2) is 0 Å². The van der Waals surface area contributed by atoms with Gasteiger partial charge in [-0.05, 0) is 13.8 Å². The van der Waals surface area contributed by atoms with Gasteiger partial charge >= 0.3 is 7.60 Å². The molecule has 0 fully saturated rings. The third-order valence-electron chi connectivity index (χ3n) is 1.37. The molecular weight excluding hydrogens is 239 g/mol. The van der Waals surface area contributed by atoms with Crippen LogP contribution in [0.25, 0.3) is 0 Å². The molecule has 90 valence electrons. The number of halogens is 1. The Morgan fingerprint density at radius 3 is 2.27 bits per heavy atom. The van der Waals surface area contributed by atoms with Gasteiger partial charge in [0.15, 0.2) is 0 Å². The van der Waals surface area contributed by atoms with E-state index in [0.717, 1.165) is 0 Å². The van der Waals surface area contributed by atoms with Gasteiger partial charge in [0, 0.05) is 5.88 Å². The first-order chi connectivity index (χ1) is 7.18. The van der Waals surface area contributed by atoms with Gasteiger partial charge in [-0.15, -0.1) is 11.6 Å². The van der Waals surface area contributed by atoms with E-state index in [4.69, 9.17) is 25.4 Å². The highest BCUT2D eigenvalue weighted by atomic mass is 35.5. The number of rotatable bonds is 9. The average Bonchev–Trinajstić information content (AvgIpc) is 2.18. The quantitative estimate of drug-likeness (QED) is 0.275. The molecule has 4 nitrogen and oxygen atoms in total. The lowest BCUT2D eigenvalue weighted by atomic mass is 10.6. The SMILES string of the molecule is CCOP(=O)(COCC=CCCl)OCC. The second kappa shape index (κ2) is 9.37. The Labute approximate surface area is 96.1 Å². The minimum atomic E-state index is -3.06. The summed E-state index contributed by atoms with van der Waals surface area (Å²) in [6.45, 7) is 4.57. The molecule has 0 unspecified atom stereocenters. The fraction of sp³-hybridized carbons (Fsp3) is 0.778. The van der Waals surface area contributed by atoms with Gasteiger partial charge < -0.3 is 13.8 Å². The number of hydrogen-bond acceptors (Lipinski definition) is 4. The molecule has 0 spiro atoms. The predicted octanol–water partition coefficient (Wildman–Crippen LogP) is 3.02. The molecule has 0 amide bonds. The molecule has 0 aromatic rings. The normalized spacial score (nSPS) is 12.5. The number of allylic oxidation sites excluding steroid dienone is 1. The van der Waals surface area contributed by atoms with Crippen LogP contribution in [0.5, 0.6) is 0 Å². The average molecular weight is 257 g/mol. The van der Waals surface area contributed by atoms with E-state index >= 15 is 0 Å². The first-order valence-electron chi connectivity index (χ1n) is 4.85. The van der Waals surface area contributed by atoms with Crippen LogP contribution in [0.15, 0.2) is 12.2 Å². The summed E-state index contributed by atoms with van der Waals surface area (Å²) in [5, 5.41) is 0. The molecule has 0 saturated carbocycles. The molecule has 0 aliphatic rings. The van der Waals surface area contributed by atoms with Crippen LogP contribution < -0.4 is 0 Å². The van der Waals surface area contributed by atoms with E-state index in [1.807, 2.05) is 0 Å². The summed E-state index contributed by atoms with van der Waals surface area (Å²) in [5.74, 6) is 0.442. The molecular formula is C9H18ClO4P. The second-order valence-corrected chi connectivity index (χ2v) is 4.88. The summed E-state index contributed by atoms with van der Waals surface area (Å²) < 4.78 is 27.0. The summed E-state index contributed by atoms with van der Waals surface area (Å²) in [4.78, 5) is 0. The van der Waals surface area contributed by atoms with Crippen LogP contribution in [0.1, 0.15) is 13.8 Å². The van der Waals surface area contributed by atoms with E-state index in [0.29, 0.717) is 25.7 Å². The van der Waals surface area contributed by atoms with Crippen molar-refractivity contribution in [3.05, 3.63) is 12.2 Å². The topological polar surface area (TPSA) is 44.8 Å². The molecule has 15 heavy (non-hydrogen) atoms. The van der Waals surface area contributed by atoms with Gasteiger partial charge in [0.05, 0.1) is 19.8 Å². The summed E-state index contributed by atoms with van der Waals surface area (Å²) >= 11 is 5.42. The fourth-order valence-corrected chi connectivity index (χ4v) is 2.33. The lowest BCUT2D eigenvalue weighted by Gasteiger charge is -2.16. The van der Waals surface area contributed by atoms with Crippen molar-refractivity contribution in [2.24, 2.45) is 0 Å². The number of alkyl halides is 1. The maximum Gasteiger partial charge on any atom is 0.356 e. The van der Waals surface area contributed by atoms with Crippen LogP contribution in [0.4, 0.5) is 0 Å². The van der Waals surface area contributed by atoms with E-state index in [9.17, 15) is 4.57 Å². The first-order valence-corrected chi connectivity index (χ1v) is 7.11. The fourth-order valence-electron chi connectivity index (χ4n) is 0.869.